The van der Waals surface area contributed by atoms with Crippen molar-refractivity contribution >= 4 is 47.8 Å². The number of carbonyl (C=O) groups is 8. The molecule has 0 aromatic heterocycles. The Balaban J connectivity index is 5.97. The molecule has 0 aliphatic carbocycles. The van der Waals surface area contributed by atoms with Gasteiger partial charge in [0, 0.05) is 33.4 Å². The van der Waals surface area contributed by atoms with Crippen molar-refractivity contribution in [2.75, 3.05) is 52.9 Å². The zero-order valence-corrected chi connectivity index (χ0v) is 32.8. The third-order valence-electron chi connectivity index (χ3n) is 6.82. The summed E-state index contributed by atoms with van der Waals surface area (Å²) < 4.78 is 42.2. The second-order valence-corrected chi connectivity index (χ2v) is 13.2. The first kappa shape index (κ1) is 49.8. The molecule has 0 rings (SSSR count). The zero-order chi connectivity index (χ0) is 43.2. The molecule has 0 unspecified atom stereocenters. The highest BCUT2D eigenvalue weighted by Crippen LogP contribution is 2.24. The number of carbonyl (C=O) groups excluding carboxylic acids is 8. The number of hydrogen-bond donors (Lipinski definition) is 0. The van der Waals surface area contributed by atoms with Crippen molar-refractivity contribution < 1.29 is 76.3 Å². The molecule has 0 atom stereocenters. The van der Waals surface area contributed by atoms with Gasteiger partial charge < -0.3 is 37.9 Å². The maximum Gasteiger partial charge on any atom is 0.333 e. The van der Waals surface area contributed by atoms with Crippen LogP contribution in [0.15, 0.2) is 72.9 Å². The second kappa shape index (κ2) is 24.2. The first-order chi connectivity index (χ1) is 26.0. The van der Waals surface area contributed by atoms with Crippen molar-refractivity contribution in [1.82, 2.24) is 0 Å². The summed E-state index contributed by atoms with van der Waals surface area (Å²) >= 11 is 0. The molecule has 0 radical (unpaired) electrons. The van der Waals surface area contributed by atoms with Crippen molar-refractivity contribution in [2.45, 2.75) is 54.4 Å². The van der Waals surface area contributed by atoms with E-state index in [4.69, 9.17) is 37.9 Å². The van der Waals surface area contributed by atoms with E-state index in [9.17, 15) is 38.4 Å². The summed E-state index contributed by atoms with van der Waals surface area (Å²) in [6.07, 6.45) is -1.11. The predicted octanol–water partition coefficient (Wildman–Crippen LogP) is 3.55. The Hall–Kier alpha value is -6.24. The Morgan fingerprint density at radius 1 is 0.339 bits per heavy atom. The van der Waals surface area contributed by atoms with E-state index >= 15 is 0 Å². The maximum atomic E-state index is 12.7. The van der Waals surface area contributed by atoms with E-state index in [1.807, 2.05) is 0 Å². The molecule has 0 aromatic rings. The molecule has 306 valence electrons. The second-order valence-electron chi connectivity index (χ2n) is 13.2. The van der Waals surface area contributed by atoms with Crippen LogP contribution in [0.2, 0.25) is 0 Å². The molecular formula is C40H50O16. The van der Waals surface area contributed by atoms with Crippen molar-refractivity contribution in [3.8, 4) is 11.8 Å². The topological polar surface area (TPSA) is 210 Å². The van der Waals surface area contributed by atoms with Crippen LogP contribution in [-0.2, 0) is 76.3 Å². The van der Waals surface area contributed by atoms with Gasteiger partial charge in [-0.25, -0.2) is 28.8 Å². The van der Waals surface area contributed by atoms with Gasteiger partial charge in [0.2, 0.25) is 0 Å². The van der Waals surface area contributed by atoms with E-state index < -0.39 is 124 Å². The normalized spacial score (nSPS) is 10.5. The van der Waals surface area contributed by atoms with E-state index in [0.29, 0.717) is 0 Å². The molecule has 0 fully saturated rings. The summed E-state index contributed by atoms with van der Waals surface area (Å²) in [7, 11) is 0. The molecular weight excluding hydrogens is 736 g/mol. The van der Waals surface area contributed by atoms with Gasteiger partial charge in [-0.1, -0.05) is 51.3 Å². The van der Waals surface area contributed by atoms with Crippen molar-refractivity contribution in [3.63, 3.8) is 0 Å². The molecule has 0 N–H and O–H groups in total. The number of rotatable bonds is 24. The predicted molar refractivity (Wildman–Crippen MR) is 198 cm³/mol. The van der Waals surface area contributed by atoms with Crippen LogP contribution in [-0.4, -0.2) is 101 Å². The first-order valence-corrected chi connectivity index (χ1v) is 16.7. The lowest BCUT2D eigenvalue weighted by Gasteiger charge is -2.31. The molecule has 0 aliphatic heterocycles. The number of esters is 8. The average Bonchev–Trinajstić information content (AvgIpc) is 3.13. The zero-order valence-electron chi connectivity index (χ0n) is 32.8. The van der Waals surface area contributed by atoms with E-state index in [1.165, 1.54) is 41.5 Å². The fraction of sp³-hybridized carbons (Fsp3) is 0.450. The van der Waals surface area contributed by atoms with Crippen molar-refractivity contribution in [3.05, 3.63) is 72.9 Å². The highest BCUT2D eigenvalue weighted by Gasteiger charge is 2.39. The summed E-state index contributed by atoms with van der Waals surface area (Å²) in [5.41, 5.74) is -2.94. The van der Waals surface area contributed by atoms with Gasteiger partial charge >= 0.3 is 47.8 Å². The summed E-state index contributed by atoms with van der Waals surface area (Å²) in [6, 6.07) is 0. The lowest BCUT2D eigenvalue weighted by molar-refractivity contribution is -0.169. The van der Waals surface area contributed by atoms with E-state index in [0.717, 1.165) is 0 Å². The fourth-order valence-corrected chi connectivity index (χ4v) is 3.39. The summed E-state index contributed by atoms with van der Waals surface area (Å²) in [5.74, 6) is -1.85. The SMILES string of the molecule is C=C(C)C(=O)OCC(COC(=O)CC#CCC(=O)OCC(COC(=O)C(=C)C)(COC(=O)C(=C)C)COC(=O)C(=C)C)(COC(=O)C(=C)C)COC(=O)C(=C)C. The molecule has 0 aliphatic rings. The molecule has 16 heteroatoms. The van der Waals surface area contributed by atoms with Gasteiger partial charge in [-0.3, -0.25) is 9.59 Å². The molecule has 0 spiro atoms. The Bertz CT molecular complexity index is 1410. The summed E-state index contributed by atoms with van der Waals surface area (Å²) in [6.45, 7) is 24.9. The van der Waals surface area contributed by atoms with Crippen LogP contribution >= 0.6 is 0 Å². The third kappa shape index (κ3) is 19.7. The minimum atomic E-state index is -1.59. The molecule has 0 heterocycles. The fourth-order valence-electron chi connectivity index (χ4n) is 3.39. The van der Waals surface area contributed by atoms with E-state index in [2.05, 4.69) is 51.3 Å². The van der Waals surface area contributed by atoms with Crippen LogP contribution in [0, 0.1) is 22.7 Å². The Kier molecular flexibility index (Phi) is 21.5. The van der Waals surface area contributed by atoms with Crippen LogP contribution in [0.3, 0.4) is 0 Å². The Morgan fingerprint density at radius 2 is 0.500 bits per heavy atom. The quantitative estimate of drug-likeness (QED) is 0.0593. The monoisotopic (exact) mass is 786 g/mol. The Labute approximate surface area is 326 Å². The van der Waals surface area contributed by atoms with Crippen LogP contribution in [0.5, 0.6) is 0 Å². The highest BCUT2D eigenvalue weighted by molar-refractivity contribution is 5.89. The van der Waals surface area contributed by atoms with Gasteiger partial charge in [0.1, 0.15) is 76.5 Å². The van der Waals surface area contributed by atoms with Crippen molar-refractivity contribution in [2.24, 2.45) is 10.8 Å². The minimum Gasteiger partial charge on any atom is -0.464 e. The third-order valence-corrected chi connectivity index (χ3v) is 6.82. The minimum absolute atomic E-state index is 0.0388. The largest absolute Gasteiger partial charge is 0.464 e. The van der Waals surface area contributed by atoms with Crippen LogP contribution in [0.1, 0.15) is 54.4 Å². The first-order valence-electron chi connectivity index (χ1n) is 16.7. The molecule has 0 saturated carbocycles. The van der Waals surface area contributed by atoms with Crippen LogP contribution in [0.25, 0.3) is 0 Å². The lowest BCUT2D eigenvalue weighted by Crippen LogP contribution is -2.44. The smallest absolute Gasteiger partial charge is 0.333 e. The van der Waals surface area contributed by atoms with Gasteiger partial charge in [0.25, 0.3) is 0 Å². The molecule has 0 aromatic carbocycles. The number of ether oxygens (including phenoxy) is 8. The van der Waals surface area contributed by atoms with Crippen LogP contribution in [0.4, 0.5) is 0 Å². The molecule has 0 saturated heterocycles. The lowest BCUT2D eigenvalue weighted by atomic mass is 9.92. The summed E-state index contributed by atoms with van der Waals surface area (Å²) in [5, 5.41) is 0. The summed E-state index contributed by atoms with van der Waals surface area (Å²) in [4.78, 5) is 98.6. The van der Waals surface area contributed by atoms with Gasteiger partial charge in [0.05, 0.1) is 0 Å². The highest BCUT2D eigenvalue weighted by atomic mass is 16.6. The van der Waals surface area contributed by atoms with Gasteiger partial charge in [-0.2, -0.15) is 0 Å². The van der Waals surface area contributed by atoms with E-state index in [1.54, 1.807) is 0 Å². The van der Waals surface area contributed by atoms with Gasteiger partial charge in [-0.15, -0.1) is 0 Å². The van der Waals surface area contributed by atoms with Gasteiger partial charge in [-0.05, 0) is 41.5 Å². The Morgan fingerprint density at radius 3 is 0.661 bits per heavy atom. The van der Waals surface area contributed by atoms with Crippen LogP contribution < -0.4 is 0 Å². The van der Waals surface area contributed by atoms with E-state index in [-0.39, 0.29) is 33.4 Å². The molecule has 16 nitrogen and oxygen atoms in total. The standard InChI is InChI=1S/C40H50O16/c1-25(2)33(43)51-19-39(20-52-34(44)26(3)4,21-53-35(45)27(5)6)17-49-31(41)15-13-14-16-32(42)50-18-40(22-54-36(46)28(7)8,23-55-37(47)29(9)10)24-56-38(48)30(11)12/h1,3,5,7,9,11,15-24H2,2,4,6,8,10,12H3. The molecule has 56 heavy (non-hydrogen) atoms. The molecule has 0 bridgehead atoms. The number of hydrogen-bond acceptors (Lipinski definition) is 16. The van der Waals surface area contributed by atoms with Gasteiger partial charge in [0.15, 0.2) is 0 Å². The molecule has 0 amide bonds. The van der Waals surface area contributed by atoms with Crippen molar-refractivity contribution in [1.29, 1.82) is 0 Å². The maximum absolute atomic E-state index is 12.7. The average molecular weight is 787 g/mol.